The molecule has 0 aliphatic carbocycles. The van der Waals surface area contributed by atoms with E-state index in [-0.39, 0.29) is 11.9 Å². The second kappa shape index (κ2) is 6.18. The van der Waals surface area contributed by atoms with Crippen LogP contribution in [0.1, 0.15) is 29.8 Å². The highest BCUT2D eigenvalue weighted by Gasteiger charge is 2.39. The Morgan fingerprint density at radius 2 is 1.85 bits per heavy atom. The summed E-state index contributed by atoms with van der Waals surface area (Å²) in [5.74, 6) is 0.923. The Hall–Kier alpha value is -2.79. The Labute approximate surface area is 151 Å². The first-order valence-corrected chi connectivity index (χ1v) is 9.06. The Bertz CT molecular complexity index is 911. The van der Waals surface area contributed by atoms with Crippen molar-refractivity contribution in [1.29, 1.82) is 0 Å². The molecule has 132 valence electrons. The van der Waals surface area contributed by atoms with Gasteiger partial charge < -0.3 is 19.5 Å². The average molecular weight is 348 g/mol. The fourth-order valence-corrected chi connectivity index (χ4v) is 4.09. The van der Waals surface area contributed by atoms with Gasteiger partial charge in [-0.3, -0.25) is 4.79 Å². The third-order valence-electron chi connectivity index (χ3n) is 5.47. The van der Waals surface area contributed by atoms with Crippen molar-refractivity contribution in [3.8, 4) is 22.5 Å². The van der Waals surface area contributed by atoms with Gasteiger partial charge in [-0.05, 0) is 43.0 Å². The molecular weight excluding hydrogens is 328 g/mol. The van der Waals surface area contributed by atoms with Gasteiger partial charge in [0.2, 0.25) is 0 Å². The van der Waals surface area contributed by atoms with E-state index in [9.17, 15) is 4.79 Å². The van der Waals surface area contributed by atoms with Gasteiger partial charge in [0.05, 0.1) is 12.5 Å². The van der Waals surface area contributed by atoms with Crippen LogP contribution in [0.4, 0.5) is 0 Å². The summed E-state index contributed by atoms with van der Waals surface area (Å²) in [7, 11) is 0. The van der Waals surface area contributed by atoms with Gasteiger partial charge in [-0.2, -0.15) is 0 Å². The zero-order valence-corrected chi connectivity index (χ0v) is 14.3. The molecule has 2 aliphatic rings. The highest BCUT2D eigenvalue weighted by atomic mass is 16.4. The summed E-state index contributed by atoms with van der Waals surface area (Å²) >= 11 is 0. The molecule has 3 aromatic rings. The fraction of sp³-hybridized carbons (Fsp3) is 0.286. The molecule has 5 rings (SSSR count). The molecule has 2 bridgehead atoms. The SMILES string of the molecule is O=C(NC1CC2CCC1N2)c1ccc(-c2ccc(-c3ccoc3)cc2)o1. The molecule has 0 spiro atoms. The lowest BCUT2D eigenvalue weighted by molar-refractivity contribution is 0.0903. The van der Waals surface area contributed by atoms with Crippen molar-refractivity contribution in [3.05, 3.63) is 60.8 Å². The van der Waals surface area contributed by atoms with Gasteiger partial charge >= 0.3 is 0 Å². The average Bonchev–Trinajstić information content (AvgIpc) is 3.46. The van der Waals surface area contributed by atoms with Crippen molar-refractivity contribution in [2.45, 2.75) is 37.4 Å². The van der Waals surface area contributed by atoms with Crippen molar-refractivity contribution in [1.82, 2.24) is 10.6 Å². The molecule has 3 unspecified atom stereocenters. The Kier molecular flexibility index (Phi) is 3.68. The number of furan rings is 2. The first-order valence-electron chi connectivity index (χ1n) is 9.06. The number of nitrogens with one attached hydrogen (secondary N) is 2. The van der Waals surface area contributed by atoms with Gasteiger partial charge in [0, 0.05) is 29.3 Å². The third kappa shape index (κ3) is 2.74. The zero-order valence-electron chi connectivity index (χ0n) is 14.3. The summed E-state index contributed by atoms with van der Waals surface area (Å²) in [6, 6.07) is 14.7. The van der Waals surface area contributed by atoms with E-state index in [1.807, 2.05) is 36.4 Å². The highest BCUT2D eigenvalue weighted by Crippen LogP contribution is 2.29. The minimum absolute atomic E-state index is 0.134. The van der Waals surface area contributed by atoms with E-state index < -0.39 is 0 Å². The molecule has 2 saturated heterocycles. The lowest BCUT2D eigenvalue weighted by atomic mass is 9.95. The largest absolute Gasteiger partial charge is 0.472 e. The highest BCUT2D eigenvalue weighted by molar-refractivity contribution is 5.92. The first-order chi connectivity index (χ1) is 12.8. The number of benzene rings is 1. The minimum Gasteiger partial charge on any atom is -0.472 e. The van der Waals surface area contributed by atoms with E-state index in [2.05, 4.69) is 10.6 Å². The molecule has 4 heterocycles. The Balaban J connectivity index is 1.29. The molecule has 2 fully saturated rings. The van der Waals surface area contributed by atoms with Gasteiger partial charge in [0.1, 0.15) is 5.76 Å². The van der Waals surface area contributed by atoms with E-state index >= 15 is 0 Å². The van der Waals surface area contributed by atoms with Gasteiger partial charge in [-0.1, -0.05) is 24.3 Å². The summed E-state index contributed by atoms with van der Waals surface area (Å²) in [6.07, 6.45) is 6.75. The predicted molar refractivity (Wildman–Crippen MR) is 97.7 cm³/mol. The van der Waals surface area contributed by atoms with Crippen molar-refractivity contribution < 1.29 is 13.6 Å². The van der Waals surface area contributed by atoms with Gasteiger partial charge in [0.15, 0.2) is 5.76 Å². The van der Waals surface area contributed by atoms with Crippen LogP contribution in [-0.2, 0) is 0 Å². The van der Waals surface area contributed by atoms with E-state index in [4.69, 9.17) is 8.83 Å². The molecule has 26 heavy (non-hydrogen) atoms. The molecule has 3 atom stereocenters. The minimum atomic E-state index is -0.134. The van der Waals surface area contributed by atoms with Crippen LogP contribution in [0.5, 0.6) is 0 Å². The molecular formula is C21H20N2O3. The van der Waals surface area contributed by atoms with E-state index in [1.165, 1.54) is 6.42 Å². The van der Waals surface area contributed by atoms with Crippen LogP contribution in [0.3, 0.4) is 0 Å². The number of carbonyl (C=O) groups excluding carboxylic acids is 1. The normalized spacial score (nSPS) is 24.1. The molecule has 5 nitrogen and oxygen atoms in total. The van der Waals surface area contributed by atoms with Crippen molar-refractivity contribution >= 4 is 5.91 Å². The van der Waals surface area contributed by atoms with Crippen molar-refractivity contribution in [3.63, 3.8) is 0 Å². The summed E-state index contributed by atoms with van der Waals surface area (Å²) < 4.78 is 10.9. The maximum Gasteiger partial charge on any atom is 0.287 e. The standard InChI is InChI=1S/C21H20N2O3/c24-21(23-18-11-16-5-6-17(18)22-16)20-8-7-19(26-20)14-3-1-13(2-4-14)15-9-10-25-12-15/h1-4,7-10,12,16-18,22H,5-6,11H2,(H,23,24). The van der Waals surface area contributed by atoms with Crippen LogP contribution in [0, 0.1) is 0 Å². The summed E-state index contributed by atoms with van der Waals surface area (Å²) in [5.41, 5.74) is 3.06. The second-order valence-electron chi connectivity index (χ2n) is 7.12. The van der Waals surface area contributed by atoms with Crippen LogP contribution in [0.25, 0.3) is 22.5 Å². The van der Waals surface area contributed by atoms with E-state index in [1.54, 1.807) is 18.6 Å². The summed E-state index contributed by atoms with van der Waals surface area (Å²) in [5, 5.41) is 6.64. The molecule has 5 heteroatoms. The number of hydrogen-bond donors (Lipinski definition) is 2. The Morgan fingerprint density at radius 1 is 1.00 bits per heavy atom. The number of carbonyl (C=O) groups is 1. The molecule has 2 aromatic heterocycles. The molecule has 0 saturated carbocycles. The van der Waals surface area contributed by atoms with E-state index in [0.717, 1.165) is 29.5 Å². The predicted octanol–water partition coefficient (Wildman–Crippen LogP) is 3.83. The second-order valence-corrected chi connectivity index (χ2v) is 7.12. The summed E-state index contributed by atoms with van der Waals surface area (Å²) in [4.78, 5) is 12.5. The monoisotopic (exact) mass is 348 g/mol. The molecule has 2 aliphatic heterocycles. The zero-order chi connectivity index (χ0) is 17.5. The van der Waals surface area contributed by atoms with Gasteiger partial charge in [0.25, 0.3) is 5.91 Å². The van der Waals surface area contributed by atoms with Crippen LogP contribution in [0.2, 0.25) is 0 Å². The fourth-order valence-electron chi connectivity index (χ4n) is 4.09. The van der Waals surface area contributed by atoms with Crippen LogP contribution in [-0.4, -0.2) is 24.0 Å². The quantitative estimate of drug-likeness (QED) is 0.752. The van der Waals surface area contributed by atoms with E-state index in [0.29, 0.717) is 23.6 Å². The maximum absolute atomic E-state index is 12.5. The van der Waals surface area contributed by atoms with Crippen LogP contribution < -0.4 is 10.6 Å². The summed E-state index contributed by atoms with van der Waals surface area (Å²) in [6.45, 7) is 0. The number of rotatable bonds is 4. The molecule has 0 radical (unpaired) electrons. The first kappa shape index (κ1) is 15.5. The lowest BCUT2D eigenvalue weighted by Crippen LogP contribution is -2.42. The van der Waals surface area contributed by atoms with Crippen LogP contribution >= 0.6 is 0 Å². The lowest BCUT2D eigenvalue weighted by Gasteiger charge is -2.20. The maximum atomic E-state index is 12.5. The third-order valence-corrected chi connectivity index (χ3v) is 5.47. The van der Waals surface area contributed by atoms with Gasteiger partial charge in [-0.15, -0.1) is 0 Å². The number of fused-ring (bicyclic) bond motifs is 2. The topological polar surface area (TPSA) is 67.4 Å². The Morgan fingerprint density at radius 3 is 2.54 bits per heavy atom. The molecule has 1 aromatic carbocycles. The molecule has 1 amide bonds. The smallest absolute Gasteiger partial charge is 0.287 e. The van der Waals surface area contributed by atoms with Crippen LogP contribution in [0.15, 0.2) is 63.8 Å². The number of amides is 1. The van der Waals surface area contributed by atoms with Gasteiger partial charge in [-0.25, -0.2) is 0 Å². The van der Waals surface area contributed by atoms with Crippen molar-refractivity contribution in [2.24, 2.45) is 0 Å². The van der Waals surface area contributed by atoms with Crippen molar-refractivity contribution in [2.75, 3.05) is 0 Å². The molecule has 2 N–H and O–H groups in total. The number of hydrogen-bond acceptors (Lipinski definition) is 4.